The smallest absolute Gasteiger partial charge is 0.341 e. The maximum absolute atomic E-state index is 12.6. The molecule has 4 aliphatic rings. The number of esters is 1. The van der Waals surface area contributed by atoms with Gasteiger partial charge >= 0.3 is 25.8 Å². The molecule has 4 saturated carbocycles. The standard InChI is InChI=1S/C17H19IO4/c19-16(14-3-1-2-4-15(14)18(20)21)22-17-8-11-5-12(9-17)7-13(6-11)10-17/h1-4,11-13H,5-10H2. The van der Waals surface area contributed by atoms with Gasteiger partial charge in [-0.25, -0.2) is 10.9 Å². The Morgan fingerprint density at radius 2 is 1.55 bits per heavy atom. The largest absolute Gasteiger partial charge is 0.455 e. The molecular weight excluding hydrogens is 395 g/mol. The number of rotatable bonds is 3. The maximum atomic E-state index is 12.6. The van der Waals surface area contributed by atoms with Gasteiger partial charge in [0, 0.05) is 0 Å². The summed E-state index contributed by atoms with van der Waals surface area (Å²) in [7, 11) is 0. The van der Waals surface area contributed by atoms with Crippen LogP contribution in [0.5, 0.6) is 0 Å². The Hall–Kier alpha value is -0.980. The minimum atomic E-state index is -3.69. The van der Waals surface area contributed by atoms with E-state index in [-0.39, 0.29) is 14.7 Å². The molecule has 4 fully saturated rings. The first-order chi connectivity index (χ1) is 10.5. The van der Waals surface area contributed by atoms with Crippen molar-refractivity contribution < 1.29 is 15.7 Å². The topological polar surface area (TPSA) is 60.4 Å². The summed E-state index contributed by atoms with van der Waals surface area (Å²) >= 11 is -3.69. The van der Waals surface area contributed by atoms with Crippen molar-refractivity contribution in [1.82, 2.24) is 0 Å². The monoisotopic (exact) mass is 414 g/mol. The number of hydrogen-bond acceptors (Lipinski definition) is 4. The first-order valence-electron chi connectivity index (χ1n) is 7.92. The van der Waals surface area contributed by atoms with Crippen molar-refractivity contribution in [3.8, 4) is 0 Å². The minimum Gasteiger partial charge on any atom is -0.455 e. The molecule has 1 aromatic rings. The number of carbonyl (C=O) groups excluding carboxylic acids is 1. The fraction of sp³-hybridized carbons (Fsp3) is 0.588. The highest BCUT2D eigenvalue weighted by Crippen LogP contribution is 2.57. The van der Waals surface area contributed by atoms with Gasteiger partial charge in [-0.2, -0.15) is 0 Å². The second-order valence-corrected chi connectivity index (χ2v) is 9.59. The average molecular weight is 414 g/mol. The fourth-order valence-corrected chi connectivity index (χ4v) is 6.54. The van der Waals surface area contributed by atoms with Crippen LogP contribution in [0.4, 0.5) is 0 Å². The van der Waals surface area contributed by atoms with E-state index in [1.165, 1.54) is 25.3 Å². The van der Waals surface area contributed by atoms with Gasteiger partial charge in [0.2, 0.25) is 0 Å². The third-order valence-corrected chi connectivity index (χ3v) is 7.44. The number of carbonyl (C=O) groups is 1. The molecule has 0 radical (unpaired) electrons. The molecule has 0 N–H and O–H groups in total. The third kappa shape index (κ3) is 2.47. The van der Waals surface area contributed by atoms with Gasteiger partial charge in [-0.05, 0) is 68.4 Å². The summed E-state index contributed by atoms with van der Waals surface area (Å²) in [5.74, 6) is 1.62. The van der Waals surface area contributed by atoms with Gasteiger partial charge in [-0.3, -0.25) is 0 Å². The second-order valence-electron chi connectivity index (χ2n) is 7.19. The summed E-state index contributed by atoms with van der Waals surface area (Å²) < 4.78 is 28.9. The lowest BCUT2D eigenvalue weighted by atomic mass is 9.54. The normalized spacial score (nSPS) is 35.8. The van der Waals surface area contributed by atoms with Crippen LogP contribution in [0.15, 0.2) is 24.3 Å². The molecule has 22 heavy (non-hydrogen) atoms. The van der Waals surface area contributed by atoms with Crippen LogP contribution < -0.4 is 0 Å². The van der Waals surface area contributed by atoms with Crippen molar-refractivity contribution in [3.63, 3.8) is 0 Å². The zero-order valence-electron chi connectivity index (χ0n) is 12.3. The van der Waals surface area contributed by atoms with Gasteiger partial charge in [0.1, 0.15) is 5.60 Å². The van der Waals surface area contributed by atoms with Crippen LogP contribution >= 0.6 is 19.8 Å². The van der Waals surface area contributed by atoms with E-state index in [0.717, 1.165) is 19.3 Å². The Labute approximate surface area is 136 Å². The molecule has 0 heterocycles. The van der Waals surface area contributed by atoms with E-state index in [9.17, 15) is 10.9 Å². The minimum absolute atomic E-state index is 0.154. The van der Waals surface area contributed by atoms with E-state index in [2.05, 4.69) is 0 Å². The molecule has 0 saturated heterocycles. The molecule has 0 unspecified atom stereocenters. The van der Waals surface area contributed by atoms with Crippen molar-refractivity contribution in [2.24, 2.45) is 17.8 Å². The Morgan fingerprint density at radius 1 is 1.00 bits per heavy atom. The third-order valence-electron chi connectivity index (χ3n) is 5.55. The van der Waals surface area contributed by atoms with Gasteiger partial charge in [-0.1, -0.05) is 12.1 Å². The van der Waals surface area contributed by atoms with E-state index in [1.807, 2.05) is 0 Å². The van der Waals surface area contributed by atoms with Crippen LogP contribution in [0.1, 0.15) is 48.9 Å². The molecule has 4 aliphatic carbocycles. The molecule has 0 amide bonds. The van der Waals surface area contributed by atoms with Gasteiger partial charge in [0.25, 0.3) is 0 Å². The molecule has 118 valence electrons. The Morgan fingerprint density at radius 3 is 2.09 bits per heavy atom. The predicted molar refractivity (Wildman–Crippen MR) is 86.9 cm³/mol. The van der Waals surface area contributed by atoms with E-state index >= 15 is 0 Å². The molecule has 1 aromatic carbocycles. The molecular formula is C17H19IO4. The van der Waals surface area contributed by atoms with Crippen LogP contribution in [0.3, 0.4) is 0 Å². The van der Waals surface area contributed by atoms with E-state index < -0.39 is 25.8 Å². The summed E-state index contributed by atoms with van der Waals surface area (Å²) in [5, 5.41) is 0. The molecule has 0 atom stereocenters. The lowest BCUT2D eigenvalue weighted by molar-refractivity contribution is -0.131. The Kier molecular flexibility index (Phi) is 3.51. The van der Waals surface area contributed by atoms with Crippen molar-refractivity contribution in [3.05, 3.63) is 33.4 Å². The SMILES string of the molecule is O=C(OC12CC3CC(CC(C3)C1)C2)c1ccccc1I(=O)=O. The fourth-order valence-electron chi connectivity index (χ4n) is 5.17. The molecule has 5 heteroatoms. The van der Waals surface area contributed by atoms with Gasteiger partial charge < -0.3 is 4.74 Å². The van der Waals surface area contributed by atoms with Crippen molar-refractivity contribution in [1.29, 1.82) is 0 Å². The summed E-state index contributed by atoms with van der Waals surface area (Å²) in [5.41, 5.74) is -0.113. The second kappa shape index (κ2) is 5.28. The Balaban J connectivity index is 1.60. The number of halogens is 1. The van der Waals surface area contributed by atoms with E-state index in [0.29, 0.717) is 17.8 Å². The van der Waals surface area contributed by atoms with Crippen molar-refractivity contribution in [2.75, 3.05) is 0 Å². The summed E-state index contributed by atoms with van der Waals surface area (Å²) in [6.45, 7) is 0. The van der Waals surface area contributed by atoms with Crippen LogP contribution in [0.25, 0.3) is 0 Å². The first-order valence-corrected chi connectivity index (χ1v) is 10.8. The van der Waals surface area contributed by atoms with Crippen molar-refractivity contribution >= 4 is 25.8 Å². The van der Waals surface area contributed by atoms with Crippen LogP contribution in [-0.4, -0.2) is 11.6 Å². The summed E-state index contributed by atoms with van der Waals surface area (Å²) in [4.78, 5) is 12.6. The van der Waals surface area contributed by atoms with E-state index in [1.54, 1.807) is 18.2 Å². The van der Waals surface area contributed by atoms with Crippen LogP contribution in [-0.2, 0) is 10.9 Å². The number of hydrogen-bond donors (Lipinski definition) is 0. The number of benzene rings is 1. The lowest BCUT2D eigenvalue weighted by Gasteiger charge is -2.55. The quantitative estimate of drug-likeness (QED) is 0.550. The number of ether oxygens (including phenoxy) is 1. The summed E-state index contributed by atoms with van der Waals surface area (Å²) in [6, 6.07) is 6.41. The first kappa shape index (κ1) is 14.6. The molecule has 0 aliphatic heterocycles. The molecule has 4 nitrogen and oxygen atoms in total. The van der Waals surface area contributed by atoms with Crippen molar-refractivity contribution in [2.45, 2.75) is 44.1 Å². The summed E-state index contributed by atoms with van der Waals surface area (Å²) in [6.07, 6.45) is 6.73. The van der Waals surface area contributed by atoms with Crippen LogP contribution in [0.2, 0.25) is 0 Å². The predicted octanol–water partition coefficient (Wildman–Crippen LogP) is 4.18. The van der Waals surface area contributed by atoms with Gasteiger partial charge in [0.05, 0.1) is 9.13 Å². The van der Waals surface area contributed by atoms with E-state index in [4.69, 9.17) is 4.74 Å². The average Bonchev–Trinajstić information content (AvgIpc) is 2.45. The zero-order valence-corrected chi connectivity index (χ0v) is 14.5. The van der Waals surface area contributed by atoms with Gasteiger partial charge in [0.15, 0.2) is 0 Å². The zero-order chi connectivity index (χ0) is 15.3. The van der Waals surface area contributed by atoms with Crippen LogP contribution in [0, 0.1) is 21.3 Å². The maximum Gasteiger partial charge on any atom is 0.341 e. The molecule has 5 rings (SSSR count). The molecule has 0 spiro atoms. The lowest BCUT2D eigenvalue weighted by Crippen LogP contribution is -2.52. The van der Waals surface area contributed by atoms with Gasteiger partial charge in [-0.15, -0.1) is 0 Å². The highest BCUT2D eigenvalue weighted by atomic mass is 127. The highest BCUT2D eigenvalue weighted by Gasteiger charge is 2.53. The Bertz CT molecular complexity index is 648. The molecule has 4 bridgehead atoms. The highest BCUT2D eigenvalue weighted by molar-refractivity contribution is 14.2. The molecule has 0 aromatic heterocycles.